The van der Waals surface area contributed by atoms with Crippen LogP contribution in [0.25, 0.3) is 0 Å². The van der Waals surface area contributed by atoms with Gasteiger partial charge in [-0.1, -0.05) is 33.6 Å². The molecule has 0 aromatic carbocycles. The van der Waals surface area contributed by atoms with Gasteiger partial charge in [-0.15, -0.1) is 0 Å². The Morgan fingerprint density at radius 2 is 2.06 bits per heavy atom. The van der Waals surface area contributed by atoms with Crippen LogP contribution in [0.4, 0.5) is 0 Å². The number of hydrogen-bond donors (Lipinski definition) is 1. The lowest BCUT2D eigenvalue weighted by Crippen LogP contribution is -2.56. The highest BCUT2D eigenvalue weighted by Crippen LogP contribution is 2.33. The van der Waals surface area contributed by atoms with E-state index in [1.165, 1.54) is 58.2 Å². The number of hydrogen-bond acceptors (Lipinski definition) is 2. The quantitative estimate of drug-likeness (QED) is 0.748. The third-order valence-corrected chi connectivity index (χ3v) is 4.60. The maximum Gasteiger partial charge on any atom is 0.0218 e. The number of nitrogens with one attached hydrogen (secondary N) is 1. The van der Waals surface area contributed by atoms with Crippen molar-refractivity contribution < 1.29 is 0 Å². The second-order valence-corrected chi connectivity index (χ2v) is 6.88. The SMILES string of the molecule is CCC1CNC(CC(C)C)CN1CCCC1CC1. The van der Waals surface area contributed by atoms with Crippen molar-refractivity contribution in [1.82, 2.24) is 10.2 Å². The highest BCUT2D eigenvalue weighted by atomic mass is 15.2. The molecular formula is C16H32N2. The number of nitrogens with zero attached hydrogens (tertiary/aromatic N) is 1. The first-order valence-electron chi connectivity index (χ1n) is 8.16. The molecule has 2 rings (SSSR count). The third-order valence-electron chi connectivity index (χ3n) is 4.60. The predicted octanol–water partition coefficient (Wildman–Crippen LogP) is 3.28. The normalized spacial score (nSPS) is 30.0. The van der Waals surface area contributed by atoms with E-state index in [1.807, 2.05) is 0 Å². The van der Waals surface area contributed by atoms with E-state index in [4.69, 9.17) is 0 Å². The maximum absolute atomic E-state index is 3.75. The summed E-state index contributed by atoms with van der Waals surface area (Å²) in [6.45, 7) is 10.8. The van der Waals surface area contributed by atoms with Gasteiger partial charge in [-0.05, 0) is 44.1 Å². The Kier molecular flexibility index (Phi) is 5.50. The van der Waals surface area contributed by atoms with Gasteiger partial charge in [-0.3, -0.25) is 4.90 Å². The van der Waals surface area contributed by atoms with Gasteiger partial charge in [-0.25, -0.2) is 0 Å². The molecule has 2 nitrogen and oxygen atoms in total. The minimum Gasteiger partial charge on any atom is -0.311 e. The molecule has 1 saturated heterocycles. The van der Waals surface area contributed by atoms with Crippen molar-refractivity contribution in [3.8, 4) is 0 Å². The molecular weight excluding hydrogens is 220 g/mol. The molecule has 0 bridgehead atoms. The Morgan fingerprint density at radius 1 is 1.28 bits per heavy atom. The van der Waals surface area contributed by atoms with E-state index in [-0.39, 0.29) is 0 Å². The largest absolute Gasteiger partial charge is 0.311 e. The van der Waals surface area contributed by atoms with E-state index in [9.17, 15) is 0 Å². The summed E-state index contributed by atoms with van der Waals surface area (Å²) in [5.41, 5.74) is 0. The lowest BCUT2D eigenvalue weighted by atomic mass is 9.98. The molecule has 0 aromatic rings. The summed E-state index contributed by atoms with van der Waals surface area (Å²) in [5.74, 6) is 1.91. The van der Waals surface area contributed by atoms with E-state index in [2.05, 4.69) is 31.0 Å². The molecule has 1 aliphatic heterocycles. The average molecular weight is 252 g/mol. The van der Waals surface area contributed by atoms with Crippen molar-refractivity contribution in [2.75, 3.05) is 19.6 Å². The van der Waals surface area contributed by atoms with Gasteiger partial charge in [0.25, 0.3) is 0 Å². The predicted molar refractivity (Wildman–Crippen MR) is 78.9 cm³/mol. The monoisotopic (exact) mass is 252 g/mol. The summed E-state index contributed by atoms with van der Waals surface area (Å²) in [6.07, 6.45) is 8.55. The lowest BCUT2D eigenvalue weighted by molar-refractivity contribution is 0.116. The van der Waals surface area contributed by atoms with Crippen LogP contribution in [-0.2, 0) is 0 Å². The molecule has 18 heavy (non-hydrogen) atoms. The molecule has 1 saturated carbocycles. The molecule has 0 radical (unpaired) electrons. The second kappa shape index (κ2) is 6.91. The van der Waals surface area contributed by atoms with E-state index in [0.29, 0.717) is 0 Å². The van der Waals surface area contributed by atoms with Crippen molar-refractivity contribution in [3.63, 3.8) is 0 Å². The summed E-state index contributed by atoms with van der Waals surface area (Å²) in [6, 6.07) is 1.52. The van der Waals surface area contributed by atoms with Crippen LogP contribution in [0.3, 0.4) is 0 Å². The van der Waals surface area contributed by atoms with Crippen LogP contribution in [0.5, 0.6) is 0 Å². The Hall–Kier alpha value is -0.0800. The maximum atomic E-state index is 3.75. The Labute approximate surface area is 114 Å². The Balaban J connectivity index is 1.74. The fraction of sp³-hybridized carbons (Fsp3) is 1.00. The minimum atomic E-state index is 0.730. The van der Waals surface area contributed by atoms with E-state index in [1.54, 1.807) is 0 Å². The fourth-order valence-electron chi connectivity index (χ4n) is 3.32. The van der Waals surface area contributed by atoms with Crippen LogP contribution >= 0.6 is 0 Å². The molecule has 0 amide bonds. The molecule has 2 unspecified atom stereocenters. The first kappa shape index (κ1) is 14.3. The van der Waals surface area contributed by atoms with Gasteiger partial charge in [-0.2, -0.15) is 0 Å². The van der Waals surface area contributed by atoms with Gasteiger partial charge >= 0.3 is 0 Å². The number of rotatable bonds is 7. The molecule has 2 atom stereocenters. The van der Waals surface area contributed by atoms with Gasteiger partial charge in [0.2, 0.25) is 0 Å². The van der Waals surface area contributed by atoms with Gasteiger partial charge in [0, 0.05) is 25.2 Å². The summed E-state index contributed by atoms with van der Waals surface area (Å²) >= 11 is 0. The van der Waals surface area contributed by atoms with E-state index in [0.717, 1.165) is 23.9 Å². The average Bonchev–Trinajstić information content (AvgIpc) is 3.13. The van der Waals surface area contributed by atoms with Gasteiger partial charge in [0.05, 0.1) is 0 Å². The molecule has 2 aliphatic rings. The van der Waals surface area contributed by atoms with Crippen molar-refractivity contribution in [2.45, 2.75) is 71.4 Å². The zero-order chi connectivity index (χ0) is 13.0. The Bertz CT molecular complexity index is 235. The van der Waals surface area contributed by atoms with Crippen molar-refractivity contribution in [3.05, 3.63) is 0 Å². The summed E-state index contributed by atoms with van der Waals surface area (Å²) in [4.78, 5) is 2.77. The first-order valence-corrected chi connectivity index (χ1v) is 8.16. The van der Waals surface area contributed by atoms with Crippen molar-refractivity contribution in [1.29, 1.82) is 0 Å². The smallest absolute Gasteiger partial charge is 0.0218 e. The topological polar surface area (TPSA) is 15.3 Å². The summed E-state index contributed by atoms with van der Waals surface area (Å²) < 4.78 is 0. The second-order valence-electron chi connectivity index (χ2n) is 6.88. The first-order chi connectivity index (χ1) is 8.69. The van der Waals surface area contributed by atoms with Gasteiger partial charge in [0.15, 0.2) is 0 Å². The highest BCUT2D eigenvalue weighted by Gasteiger charge is 2.27. The highest BCUT2D eigenvalue weighted by molar-refractivity contribution is 4.86. The fourth-order valence-corrected chi connectivity index (χ4v) is 3.32. The third kappa shape index (κ3) is 4.55. The van der Waals surface area contributed by atoms with Crippen LogP contribution in [0.2, 0.25) is 0 Å². The zero-order valence-corrected chi connectivity index (χ0v) is 12.6. The molecule has 0 aromatic heterocycles. The van der Waals surface area contributed by atoms with E-state index >= 15 is 0 Å². The summed E-state index contributed by atoms with van der Waals surface area (Å²) in [7, 11) is 0. The number of piperazine rings is 1. The van der Waals surface area contributed by atoms with Crippen LogP contribution in [-0.4, -0.2) is 36.6 Å². The molecule has 1 heterocycles. The van der Waals surface area contributed by atoms with Gasteiger partial charge in [0.1, 0.15) is 0 Å². The summed E-state index contributed by atoms with van der Waals surface area (Å²) in [5, 5.41) is 3.75. The minimum absolute atomic E-state index is 0.730. The molecule has 106 valence electrons. The zero-order valence-electron chi connectivity index (χ0n) is 12.6. The lowest BCUT2D eigenvalue weighted by Gasteiger charge is -2.40. The van der Waals surface area contributed by atoms with Gasteiger partial charge < -0.3 is 5.32 Å². The van der Waals surface area contributed by atoms with Crippen molar-refractivity contribution in [2.24, 2.45) is 11.8 Å². The molecule has 0 spiro atoms. The standard InChI is InChI=1S/C16H32N2/c1-4-16-11-17-15(10-13(2)3)12-18(16)9-5-6-14-7-8-14/h13-17H,4-12H2,1-3H3. The van der Waals surface area contributed by atoms with Crippen LogP contribution in [0.15, 0.2) is 0 Å². The van der Waals surface area contributed by atoms with E-state index < -0.39 is 0 Å². The molecule has 1 aliphatic carbocycles. The van der Waals surface area contributed by atoms with Crippen LogP contribution in [0, 0.1) is 11.8 Å². The van der Waals surface area contributed by atoms with Crippen LogP contribution in [0.1, 0.15) is 59.3 Å². The molecule has 2 fully saturated rings. The molecule has 2 heteroatoms. The van der Waals surface area contributed by atoms with Crippen molar-refractivity contribution >= 4 is 0 Å². The molecule has 1 N–H and O–H groups in total. The van der Waals surface area contributed by atoms with Crippen LogP contribution < -0.4 is 5.32 Å². The Morgan fingerprint density at radius 3 is 2.67 bits per heavy atom.